The summed E-state index contributed by atoms with van der Waals surface area (Å²) < 4.78 is 5.03. The number of carbonyl (C=O) groups excluding carboxylic acids is 1. The van der Waals surface area contributed by atoms with E-state index in [-0.39, 0.29) is 11.6 Å². The zero-order valence-corrected chi connectivity index (χ0v) is 9.06. The molecule has 1 rings (SSSR count). The summed E-state index contributed by atoms with van der Waals surface area (Å²) in [7, 11) is 0. The van der Waals surface area contributed by atoms with E-state index in [0.29, 0.717) is 6.61 Å². The SMILES string of the molecule is CCCCOC(=O)N[C@@]1(C)CCNC1. The zero-order valence-electron chi connectivity index (χ0n) is 9.06. The Morgan fingerprint density at radius 2 is 2.43 bits per heavy atom. The van der Waals surface area contributed by atoms with Gasteiger partial charge in [-0.25, -0.2) is 4.79 Å². The van der Waals surface area contributed by atoms with Gasteiger partial charge in [-0.1, -0.05) is 13.3 Å². The summed E-state index contributed by atoms with van der Waals surface area (Å²) in [5.74, 6) is 0. The maximum Gasteiger partial charge on any atom is 0.407 e. The van der Waals surface area contributed by atoms with E-state index in [0.717, 1.165) is 32.4 Å². The third-order valence-electron chi connectivity index (χ3n) is 2.50. The Morgan fingerprint density at radius 1 is 1.64 bits per heavy atom. The number of ether oxygens (including phenoxy) is 1. The molecule has 0 aliphatic carbocycles. The van der Waals surface area contributed by atoms with Gasteiger partial charge in [0.2, 0.25) is 0 Å². The van der Waals surface area contributed by atoms with Crippen LogP contribution in [0.2, 0.25) is 0 Å². The van der Waals surface area contributed by atoms with Gasteiger partial charge in [0.05, 0.1) is 12.1 Å². The molecule has 0 spiro atoms. The van der Waals surface area contributed by atoms with E-state index in [2.05, 4.69) is 17.6 Å². The first kappa shape index (κ1) is 11.3. The first-order valence-corrected chi connectivity index (χ1v) is 5.32. The fraction of sp³-hybridized carbons (Fsp3) is 0.900. The quantitative estimate of drug-likeness (QED) is 0.672. The molecule has 0 unspecified atom stereocenters. The van der Waals surface area contributed by atoms with Crippen LogP contribution in [0, 0.1) is 0 Å². The van der Waals surface area contributed by atoms with E-state index in [4.69, 9.17) is 4.74 Å². The van der Waals surface area contributed by atoms with Crippen LogP contribution in [-0.4, -0.2) is 31.3 Å². The van der Waals surface area contributed by atoms with Crippen molar-refractivity contribution in [1.29, 1.82) is 0 Å². The molecular weight excluding hydrogens is 180 g/mol. The maximum atomic E-state index is 11.3. The van der Waals surface area contributed by atoms with E-state index < -0.39 is 0 Å². The number of hydrogen-bond donors (Lipinski definition) is 2. The van der Waals surface area contributed by atoms with Crippen molar-refractivity contribution in [3.05, 3.63) is 0 Å². The third-order valence-corrected chi connectivity index (χ3v) is 2.50. The highest BCUT2D eigenvalue weighted by molar-refractivity contribution is 5.68. The molecule has 1 aliphatic rings. The lowest BCUT2D eigenvalue weighted by molar-refractivity contribution is 0.134. The van der Waals surface area contributed by atoms with Crippen molar-refractivity contribution >= 4 is 6.09 Å². The fourth-order valence-corrected chi connectivity index (χ4v) is 1.52. The van der Waals surface area contributed by atoms with Crippen LogP contribution in [0.15, 0.2) is 0 Å². The van der Waals surface area contributed by atoms with Crippen molar-refractivity contribution in [2.24, 2.45) is 0 Å². The molecule has 2 N–H and O–H groups in total. The maximum absolute atomic E-state index is 11.3. The van der Waals surface area contributed by atoms with E-state index in [9.17, 15) is 4.79 Å². The molecule has 1 saturated heterocycles. The van der Waals surface area contributed by atoms with Crippen molar-refractivity contribution in [3.63, 3.8) is 0 Å². The zero-order chi connectivity index (χ0) is 10.4. The molecule has 82 valence electrons. The molecule has 1 fully saturated rings. The highest BCUT2D eigenvalue weighted by Gasteiger charge is 2.30. The largest absolute Gasteiger partial charge is 0.450 e. The van der Waals surface area contributed by atoms with Crippen LogP contribution >= 0.6 is 0 Å². The second-order valence-electron chi connectivity index (χ2n) is 4.10. The second-order valence-corrected chi connectivity index (χ2v) is 4.10. The van der Waals surface area contributed by atoms with Crippen molar-refractivity contribution in [3.8, 4) is 0 Å². The van der Waals surface area contributed by atoms with Crippen LogP contribution in [0.4, 0.5) is 4.79 Å². The van der Waals surface area contributed by atoms with Crippen LogP contribution in [-0.2, 0) is 4.74 Å². The number of carbonyl (C=O) groups is 1. The number of amides is 1. The summed E-state index contributed by atoms with van der Waals surface area (Å²) in [5, 5.41) is 6.11. The van der Waals surface area contributed by atoms with E-state index in [1.54, 1.807) is 0 Å². The van der Waals surface area contributed by atoms with Gasteiger partial charge in [-0.3, -0.25) is 0 Å². The van der Waals surface area contributed by atoms with Crippen molar-refractivity contribution in [1.82, 2.24) is 10.6 Å². The highest BCUT2D eigenvalue weighted by Crippen LogP contribution is 2.13. The topological polar surface area (TPSA) is 50.4 Å². The van der Waals surface area contributed by atoms with Gasteiger partial charge >= 0.3 is 6.09 Å². The summed E-state index contributed by atoms with van der Waals surface area (Å²) in [6, 6.07) is 0. The minimum absolute atomic E-state index is 0.122. The molecule has 1 aliphatic heterocycles. The molecule has 1 atom stereocenters. The minimum Gasteiger partial charge on any atom is -0.450 e. The average molecular weight is 200 g/mol. The molecule has 0 bridgehead atoms. The second kappa shape index (κ2) is 5.20. The van der Waals surface area contributed by atoms with Crippen LogP contribution in [0.3, 0.4) is 0 Å². The number of unbranched alkanes of at least 4 members (excludes halogenated alkanes) is 1. The van der Waals surface area contributed by atoms with E-state index >= 15 is 0 Å². The Hall–Kier alpha value is -0.770. The Bertz CT molecular complexity index is 189. The normalized spacial score (nSPS) is 26.1. The van der Waals surface area contributed by atoms with Gasteiger partial charge in [0.25, 0.3) is 0 Å². The van der Waals surface area contributed by atoms with E-state index in [1.165, 1.54) is 0 Å². The van der Waals surface area contributed by atoms with Crippen LogP contribution in [0.5, 0.6) is 0 Å². The fourth-order valence-electron chi connectivity index (χ4n) is 1.52. The highest BCUT2D eigenvalue weighted by atomic mass is 16.5. The van der Waals surface area contributed by atoms with Crippen molar-refractivity contribution in [2.75, 3.05) is 19.7 Å². The van der Waals surface area contributed by atoms with Gasteiger partial charge in [0.1, 0.15) is 0 Å². The lowest BCUT2D eigenvalue weighted by Gasteiger charge is -2.23. The molecule has 14 heavy (non-hydrogen) atoms. The lowest BCUT2D eigenvalue weighted by atomic mass is 10.0. The molecule has 0 aromatic rings. The lowest BCUT2D eigenvalue weighted by Crippen LogP contribution is -2.47. The summed E-state index contributed by atoms with van der Waals surface area (Å²) in [5.41, 5.74) is -0.122. The molecule has 1 heterocycles. The Labute approximate surface area is 85.4 Å². The summed E-state index contributed by atoms with van der Waals surface area (Å²) in [6.45, 7) is 6.42. The molecule has 1 amide bonds. The minimum atomic E-state index is -0.287. The van der Waals surface area contributed by atoms with Crippen LogP contribution < -0.4 is 10.6 Å². The van der Waals surface area contributed by atoms with Gasteiger partial charge in [0.15, 0.2) is 0 Å². The van der Waals surface area contributed by atoms with Crippen LogP contribution in [0.25, 0.3) is 0 Å². The smallest absolute Gasteiger partial charge is 0.407 e. The Kier molecular flexibility index (Phi) is 4.20. The van der Waals surface area contributed by atoms with Gasteiger partial charge in [0, 0.05) is 6.54 Å². The average Bonchev–Trinajstić information content (AvgIpc) is 2.52. The predicted octanol–water partition coefficient (Wildman–Crippen LogP) is 1.26. The number of hydrogen-bond acceptors (Lipinski definition) is 3. The monoisotopic (exact) mass is 200 g/mol. The molecule has 0 radical (unpaired) electrons. The first-order chi connectivity index (χ1) is 6.66. The summed E-state index contributed by atoms with van der Waals surface area (Å²) in [6.07, 6.45) is 2.66. The standard InChI is InChI=1S/C10H20N2O2/c1-3-4-7-14-9(13)12-10(2)5-6-11-8-10/h11H,3-8H2,1-2H3,(H,12,13)/t10-/m0/s1. The van der Waals surface area contributed by atoms with Gasteiger partial charge in [-0.05, 0) is 26.3 Å². The third kappa shape index (κ3) is 3.54. The van der Waals surface area contributed by atoms with Gasteiger partial charge in [-0.15, -0.1) is 0 Å². The predicted molar refractivity (Wildman–Crippen MR) is 55.3 cm³/mol. The molecule has 4 heteroatoms. The number of alkyl carbamates (subject to hydrolysis) is 1. The molecular formula is C10H20N2O2. The number of nitrogens with one attached hydrogen (secondary N) is 2. The summed E-state index contributed by atoms with van der Waals surface area (Å²) >= 11 is 0. The molecule has 0 aromatic heterocycles. The first-order valence-electron chi connectivity index (χ1n) is 5.32. The molecule has 4 nitrogen and oxygen atoms in total. The van der Waals surface area contributed by atoms with Crippen molar-refractivity contribution in [2.45, 2.75) is 38.6 Å². The number of rotatable bonds is 4. The van der Waals surface area contributed by atoms with Crippen LogP contribution in [0.1, 0.15) is 33.1 Å². The Morgan fingerprint density at radius 3 is 3.00 bits per heavy atom. The molecule has 0 saturated carbocycles. The molecule has 0 aromatic carbocycles. The van der Waals surface area contributed by atoms with E-state index in [1.807, 2.05) is 6.92 Å². The Balaban J connectivity index is 2.19. The van der Waals surface area contributed by atoms with Gasteiger partial charge < -0.3 is 15.4 Å². The van der Waals surface area contributed by atoms with Crippen molar-refractivity contribution < 1.29 is 9.53 Å². The van der Waals surface area contributed by atoms with Gasteiger partial charge in [-0.2, -0.15) is 0 Å². The summed E-state index contributed by atoms with van der Waals surface area (Å²) in [4.78, 5) is 11.3.